The Morgan fingerprint density at radius 3 is 2.70 bits per heavy atom. The molecule has 0 aliphatic carbocycles. The molecule has 1 aliphatic heterocycles. The maximum atomic E-state index is 12.5. The number of amides is 2. The molecule has 5 heteroatoms. The summed E-state index contributed by atoms with van der Waals surface area (Å²) in [5, 5.41) is 5.30. The van der Waals surface area contributed by atoms with Gasteiger partial charge in [0.15, 0.2) is 0 Å². The predicted molar refractivity (Wildman–Crippen MR) is 109 cm³/mol. The van der Waals surface area contributed by atoms with E-state index >= 15 is 0 Å². The number of hydrogen-bond acceptors (Lipinski definition) is 2. The number of nitrogens with one attached hydrogen (secondary N) is 1. The summed E-state index contributed by atoms with van der Waals surface area (Å²) < 4.78 is 2.28. The first-order valence-electron chi connectivity index (χ1n) is 9.76. The maximum Gasteiger partial charge on any atom is 0.243 e. The van der Waals surface area contributed by atoms with E-state index in [-0.39, 0.29) is 18.4 Å². The van der Waals surface area contributed by atoms with E-state index in [2.05, 4.69) is 35.0 Å². The number of aromatic nitrogens is 1. The smallest absolute Gasteiger partial charge is 0.243 e. The number of nitrogens with zero attached hydrogens (tertiary/aromatic N) is 2. The summed E-state index contributed by atoms with van der Waals surface area (Å²) in [7, 11) is 0. The van der Waals surface area contributed by atoms with Crippen LogP contribution in [0.5, 0.6) is 0 Å². The number of benzene rings is 2. The van der Waals surface area contributed by atoms with Gasteiger partial charge in [0.25, 0.3) is 0 Å². The molecule has 0 unspecified atom stereocenters. The molecule has 0 saturated carbocycles. The van der Waals surface area contributed by atoms with E-state index < -0.39 is 0 Å². The Morgan fingerprint density at radius 1 is 1.04 bits per heavy atom. The molecule has 5 nitrogen and oxygen atoms in total. The number of rotatable bonds is 4. The van der Waals surface area contributed by atoms with Gasteiger partial charge in [0, 0.05) is 47.0 Å². The van der Waals surface area contributed by atoms with Crippen molar-refractivity contribution in [3.05, 3.63) is 42.5 Å². The Balaban J connectivity index is 1.58. The lowest BCUT2D eigenvalue weighted by Crippen LogP contribution is -2.37. The predicted octanol–water partition coefficient (Wildman–Crippen LogP) is 4.16. The minimum absolute atomic E-state index is 0.0871. The number of fused-ring (bicyclic) bond motifs is 3. The van der Waals surface area contributed by atoms with Crippen LogP contribution in [0.25, 0.3) is 21.8 Å². The number of likely N-dealkylation sites (tertiary alicyclic amines) is 1. The van der Waals surface area contributed by atoms with Gasteiger partial charge in [-0.25, -0.2) is 0 Å². The van der Waals surface area contributed by atoms with Crippen LogP contribution >= 0.6 is 0 Å². The molecule has 140 valence electrons. The van der Waals surface area contributed by atoms with Gasteiger partial charge in [-0.1, -0.05) is 24.6 Å². The Labute approximate surface area is 158 Å². The van der Waals surface area contributed by atoms with Crippen LogP contribution in [0.1, 0.15) is 32.6 Å². The van der Waals surface area contributed by atoms with Gasteiger partial charge >= 0.3 is 0 Å². The summed E-state index contributed by atoms with van der Waals surface area (Å²) in [5.41, 5.74) is 3.14. The zero-order valence-corrected chi connectivity index (χ0v) is 15.7. The van der Waals surface area contributed by atoms with Crippen molar-refractivity contribution in [3.63, 3.8) is 0 Å². The Morgan fingerprint density at radius 2 is 1.85 bits per heavy atom. The van der Waals surface area contributed by atoms with Crippen molar-refractivity contribution in [1.29, 1.82) is 0 Å². The topological polar surface area (TPSA) is 54.3 Å². The second-order valence-electron chi connectivity index (χ2n) is 7.17. The van der Waals surface area contributed by atoms with Crippen LogP contribution in [0, 0.1) is 0 Å². The van der Waals surface area contributed by atoms with Crippen molar-refractivity contribution in [3.8, 4) is 0 Å². The minimum Gasteiger partial charge on any atom is -0.341 e. The minimum atomic E-state index is -0.135. The molecule has 1 aromatic heterocycles. The molecule has 1 aliphatic rings. The summed E-state index contributed by atoms with van der Waals surface area (Å²) in [6.07, 6.45) is 3.51. The molecule has 2 aromatic carbocycles. The molecule has 0 radical (unpaired) electrons. The van der Waals surface area contributed by atoms with Gasteiger partial charge in [-0.2, -0.15) is 0 Å². The van der Waals surface area contributed by atoms with Crippen molar-refractivity contribution in [2.24, 2.45) is 0 Å². The molecule has 0 spiro atoms. The number of aryl methyl sites for hydroxylation is 1. The van der Waals surface area contributed by atoms with E-state index in [1.807, 2.05) is 24.3 Å². The third-order valence-corrected chi connectivity index (χ3v) is 5.38. The first-order valence-corrected chi connectivity index (χ1v) is 9.76. The van der Waals surface area contributed by atoms with E-state index in [4.69, 9.17) is 0 Å². The molecule has 2 amide bonds. The summed E-state index contributed by atoms with van der Waals surface area (Å²) >= 11 is 0. The number of carbonyl (C=O) groups is 2. The molecule has 0 bridgehead atoms. The van der Waals surface area contributed by atoms with Gasteiger partial charge < -0.3 is 14.8 Å². The van der Waals surface area contributed by atoms with Crippen LogP contribution in [0.4, 0.5) is 5.69 Å². The van der Waals surface area contributed by atoms with Crippen molar-refractivity contribution in [1.82, 2.24) is 9.47 Å². The highest BCUT2D eigenvalue weighted by molar-refractivity contribution is 6.10. The normalized spacial score (nSPS) is 15.3. The Hall–Kier alpha value is -2.82. The highest BCUT2D eigenvalue weighted by Gasteiger charge is 2.19. The molecule has 3 aromatic rings. The van der Waals surface area contributed by atoms with Gasteiger partial charge in [-0.05, 0) is 44.0 Å². The molecule has 1 fully saturated rings. The SMILES string of the molecule is CCn1c2ccccc2c2cc(NC(=O)CN3CCCCCC3=O)ccc21. The highest BCUT2D eigenvalue weighted by Crippen LogP contribution is 2.31. The van der Waals surface area contributed by atoms with Crippen molar-refractivity contribution in [2.75, 3.05) is 18.4 Å². The summed E-state index contributed by atoms with van der Waals surface area (Å²) in [5.74, 6) is -0.0482. The lowest BCUT2D eigenvalue weighted by atomic mass is 10.1. The highest BCUT2D eigenvalue weighted by atomic mass is 16.2. The van der Waals surface area contributed by atoms with Crippen LogP contribution in [0.2, 0.25) is 0 Å². The zero-order valence-electron chi connectivity index (χ0n) is 15.7. The average Bonchev–Trinajstić information content (AvgIpc) is 2.85. The fraction of sp³-hybridized carbons (Fsp3) is 0.364. The van der Waals surface area contributed by atoms with Crippen molar-refractivity contribution < 1.29 is 9.59 Å². The van der Waals surface area contributed by atoms with Crippen LogP contribution < -0.4 is 5.32 Å². The van der Waals surface area contributed by atoms with Crippen LogP contribution in [0.3, 0.4) is 0 Å². The van der Waals surface area contributed by atoms with Gasteiger partial charge in [0.2, 0.25) is 11.8 Å². The van der Waals surface area contributed by atoms with Gasteiger partial charge in [-0.3, -0.25) is 9.59 Å². The van der Waals surface area contributed by atoms with Crippen LogP contribution in [-0.2, 0) is 16.1 Å². The molecule has 1 N–H and O–H groups in total. The van der Waals surface area contributed by atoms with E-state index in [1.165, 1.54) is 16.4 Å². The first-order chi connectivity index (χ1) is 13.2. The quantitative estimate of drug-likeness (QED) is 0.757. The molecule has 27 heavy (non-hydrogen) atoms. The van der Waals surface area contributed by atoms with Crippen LogP contribution in [-0.4, -0.2) is 34.4 Å². The second kappa shape index (κ2) is 7.43. The lowest BCUT2D eigenvalue weighted by molar-refractivity contribution is -0.134. The summed E-state index contributed by atoms with van der Waals surface area (Å²) in [6, 6.07) is 14.4. The molecule has 0 atom stereocenters. The third kappa shape index (κ3) is 3.42. The maximum absolute atomic E-state index is 12.5. The molecule has 2 heterocycles. The van der Waals surface area contributed by atoms with Gasteiger partial charge in [-0.15, -0.1) is 0 Å². The van der Waals surface area contributed by atoms with E-state index in [0.717, 1.165) is 36.9 Å². The van der Waals surface area contributed by atoms with Crippen molar-refractivity contribution >= 4 is 39.3 Å². The molecular weight excluding hydrogens is 338 g/mol. The van der Waals surface area contributed by atoms with E-state index in [0.29, 0.717) is 13.0 Å². The van der Waals surface area contributed by atoms with E-state index in [1.54, 1.807) is 4.90 Å². The standard InChI is InChI=1S/C22H25N3O2/c1-2-25-19-9-6-5-8-17(19)18-14-16(11-12-20(18)25)23-21(26)15-24-13-7-3-4-10-22(24)27/h5-6,8-9,11-12,14H,2-4,7,10,13,15H2,1H3,(H,23,26). The van der Waals surface area contributed by atoms with Crippen molar-refractivity contribution in [2.45, 2.75) is 39.2 Å². The average molecular weight is 363 g/mol. The van der Waals surface area contributed by atoms with Gasteiger partial charge in [0.1, 0.15) is 0 Å². The first kappa shape index (κ1) is 17.6. The molecule has 1 saturated heterocycles. The Bertz CT molecular complexity index is 1010. The zero-order chi connectivity index (χ0) is 18.8. The third-order valence-electron chi connectivity index (χ3n) is 5.38. The Kier molecular flexibility index (Phi) is 4.84. The fourth-order valence-electron chi connectivity index (χ4n) is 4.05. The molecule has 4 rings (SSSR count). The second-order valence-corrected chi connectivity index (χ2v) is 7.17. The summed E-state index contributed by atoms with van der Waals surface area (Å²) in [4.78, 5) is 26.3. The molecular formula is C22H25N3O2. The van der Waals surface area contributed by atoms with Gasteiger partial charge in [0.05, 0.1) is 6.54 Å². The lowest BCUT2D eigenvalue weighted by Gasteiger charge is -2.19. The number of hydrogen-bond donors (Lipinski definition) is 1. The fourth-order valence-corrected chi connectivity index (χ4v) is 4.05. The number of carbonyl (C=O) groups excluding carboxylic acids is 2. The number of anilines is 1. The number of para-hydroxylation sites is 1. The summed E-state index contributed by atoms with van der Waals surface area (Å²) in [6.45, 7) is 3.84. The largest absolute Gasteiger partial charge is 0.341 e. The van der Waals surface area contributed by atoms with E-state index in [9.17, 15) is 9.59 Å². The van der Waals surface area contributed by atoms with Crippen LogP contribution in [0.15, 0.2) is 42.5 Å². The monoisotopic (exact) mass is 363 g/mol.